The number of likely N-dealkylation sites (N-methyl/N-ethyl adjacent to an activating group) is 1. The molecule has 0 saturated heterocycles. The number of allylic oxidation sites excluding steroid dienone is 3. The van der Waals surface area contributed by atoms with Crippen LogP contribution in [-0.4, -0.2) is 73.4 Å². The van der Waals surface area contributed by atoms with Crippen molar-refractivity contribution < 1.29 is 32.9 Å². The highest BCUT2D eigenvalue weighted by Gasteiger charge is 2.27. The summed E-state index contributed by atoms with van der Waals surface area (Å²) in [5.74, 6) is -0.174. The summed E-state index contributed by atoms with van der Waals surface area (Å²) in [6.07, 6.45) is 65.7. The summed E-state index contributed by atoms with van der Waals surface area (Å²) >= 11 is 0. The summed E-state index contributed by atoms with van der Waals surface area (Å²) in [7, 11) is 1.58. The molecular formula is C60H120N2O6P+. The summed E-state index contributed by atoms with van der Waals surface area (Å²) in [6.45, 7) is 4.86. The molecule has 0 bridgehead atoms. The van der Waals surface area contributed by atoms with Gasteiger partial charge >= 0.3 is 7.82 Å². The number of nitrogens with zero attached hydrogens (tertiary/aromatic N) is 1. The Bertz CT molecular complexity index is 1170. The third kappa shape index (κ3) is 54.6. The van der Waals surface area contributed by atoms with Crippen molar-refractivity contribution in [3.8, 4) is 0 Å². The van der Waals surface area contributed by atoms with Crippen molar-refractivity contribution in [3.05, 3.63) is 24.3 Å². The van der Waals surface area contributed by atoms with Gasteiger partial charge in [-0.25, -0.2) is 4.57 Å². The lowest BCUT2D eigenvalue weighted by atomic mass is 10.0. The second kappa shape index (κ2) is 51.9. The van der Waals surface area contributed by atoms with Crippen molar-refractivity contribution in [1.82, 2.24) is 5.32 Å². The quantitative estimate of drug-likeness (QED) is 0.0243. The number of rotatable bonds is 56. The lowest BCUT2D eigenvalue weighted by Crippen LogP contribution is -2.45. The van der Waals surface area contributed by atoms with E-state index in [1.54, 1.807) is 6.08 Å². The van der Waals surface area contributed by atoms with Gasteiger partial charge in [-0.3, -0.25) is 13.8 Å². The molecule has 9 heteroatoms. The van der Waals surface area contributed by atoms with E-state index in [1.165, 1.54) is 244 Å². The third-order valence-corrected chi connectivity index (χ3v) is 14.9. The average Bonchev–Trinajstić information content (AvgIpc) is 3.31. The lowest BCUT2D eigenvalue weighted by Gasteiger charge is -2.25. The van der Waals surface area contributed by atoms with Crippen LogP contribution in [0.2, 0.25) is 0 Å². The molecule has 410 valence electrons. The minimum absolute atomic E-state index is 0.0629. The van der Waals surface area contributed by atoms with Gasteiger partial charge in [0.25, 0.3) is 0 Å². The maximum atomic E-state index is 13.0. The molecule has 3 N–H and O–H groups in total. The number of hydrogen-bond donors (Lipinski definition) is 3. The Kier molecular flexibility index (Phi) is 51.1. The maximum Gasteiger partial charge on any atom is 0.472 e. The van der Waals surface area contributed by atoms with Gasteiger partial charge in [-0.2, -0.15) is 0 Å². The SMILES string of the molecule is CCCCCCCCCCCCCC/C=C\CCCCCCCCCCCC(=O)NC(COP(=O)(O)OCC[N+](C)(C)C)C(O)/C=C/CCCCCCCCCCCCCCCCCCCCCC. The Morgan fingerprint density at radius 2 is 0.783 bits per heavy atom. The first-order valence-electron chi connectivity index (χ1n) is 30.2. The molecule has 8 nitrogen and oxygen atoms in total. The van der Waals surface area contributed by atoms with Crippen LogP contribution >= 0.6 is 7.82 Å². The van der Waals surface area contributed by atoms with Crippen molar-refractivity contribution in [1.29, 1.82) is 0 Å². The van der Waals surface area contributed by atoms with Gasteiger partial charge in [-0.1, -0.05) is 276 Å². The van der Waals surface area contributed by atoms with Gasteiger partial charge < -0.3 is 19.8 Å². The summed E-state index contributed by atoms with van der Waals surface area (Å²) in [5, 5.41) is 14.0. The zero-order valence-corrected chi connectivity index (χ0v) is 47.7. The highest BCUT2D eigenvalue weighted by atomic mass is 31.2. The second-order valence-corrected chi connectivity index (χ2v) is 23.5. The summed E-state index contributed by atoms with van der Waals surface area (Å²) in [4.78, 5) is 23.3. The number of nitrogens with one attached hydrogen (secondary N) is 1. The molecule has 0 aromatic carbocycles. The van der Waals surface area contributed by atoms with Crippen molar-refractivity contribution in [2.45, 2.75) is 315 Å². The number of aliphatic hydroxyl groups excluding tert-OH is 1. The Hall–Kier alpha value is -1.02. The molecule has 0 saturated carbocycles. The van der Waals surface area contributed by atoms with Gasteiger partial charge in [0.1, 0.15) is 13.2 Å². The van der Waals surface area contributed by atoms with E-state index >= 15 is 0 Å². The number of phosphoric acid groups is 1. The molecule has 0 aromatic rings. The zero-order chi connectivity index (χ0) is 50.6. The Morgan fingerprint density at radius 3 is 1.12 bits per heavy atom. The first-order chi connectivity index (χ1) is 33.5. The van der Waals surface area contributed by atoms with E-state index in [2.05, 4.69) is 31.3 Å². The van der Waals surface area contributed by atoms with E-state index in [4.69, 9.17) is 9.05 Å². The van der Waals surface area contributed by atoms with Crippen molar-refractivity contribution in [2.75, 3.05) is 40.9 Å². The van der Waals surface area contributed by atoms with E-state index in [-0.39, 0.29) is 19.1 Å². The lowest BCUT2D eigenvalue weighted by molar-refractivity contribution is -0.870. The fourth-order valence-electron chi connectivity index (χ4n) is 9.16. The van der Waals surface area contributed by atoms with Crippen molar-refractivity contribution in [3.63, 3.8) is 0 Å². The Balaban J connectivity index is 4.17. The number of phosphoric ester groups is 1. The van der Waals surface area contributed by atoms with Crippen LogP contribution in [0.25, 0.3) is 0 Å². The van der Waals surface area contributed by atoms with E-state index in [0.29, 0.717) is 17.4 Å². The largest absolute Gasteiger partial charge is 0.472 e. The number of unbranched alkanes of at least 4 members (excludes halogenated alkanes) is 41. The van der Waals surface area contributed by atoms with Gasteiger partial charge in [-0.15, -0.1) is 0 Å². The molecule has 0 aliphatic heterocycles. The van der Waals surface area contributed by atoms with Crippen LogP contribution in [-0.2, 0) is 18.4 Å². The van der Waals surface area contributed by atoms with E-state index in [9.17, 15) is 19.4 Å². The Labute approximate surface area is 430 Å². The molecule has 1 amide bonds. The summed E-state index contributed by atoms with van der Waals surface area (Å²) in [6, 6.07) is -0.846. The predicted octanol–water partition coefficient (Wildman–Crippen LogP) is 18.4. The zero-order valence-electron chi connectivity index (χ0n) is 46.8. The number of quaternary nitrogens is 1. The molecule has 0 aliphatic rings. The fourth-order valence-corrected chi connectivity index (χ4v) is 9.89. The highest BCUT2D eigenvalue weighted by molar-refractivity contribution is 7.47. The normalized spacial score (nSPS) is 14.0. The third-order valence-electron chi connectivity index (χ3n) is 13.9. The van der Waals surface area contributed by atoms with Crippen LogP contribution in [0, 0.1) is 0 Å². The number of hydrogen-bond acceptors (Lipinski definition) is 5. The minimum Gasteiger partial charge on any atom is -0.387 e. The molecule has 0 rings (SSSR count). The number of carbonyl (C=O) groups is 1. The van der Waals surface area contributed by atoms with Crippen LogP contribution in [0.1, 0.15) is 303 Å². The average molecular weight is 997 g/mol. The van der Waals surface area contributed by atoms with Crippen molar-refractivity contribution in [2.24, 2.45) is 0 Å². The molecule has 0 aromatic heterocycles. The molecule has 0 radical (unpaired) electrons. The molecule has 0 aliphatic carbocycles. The molecule has 3 unspecified atom stereocenters. The van der Waals surface area contributed by atoms with E-state index in [1.807, 2.05) is 27.2 Å². The number of amides is 1. The van der Waals surface area contributed by atoms with Gasteiger partial charge in [-0.05, 0) is 44.9 Å². The topological polar surface area (TPSA) is 105 Å². The van der Waals surface area contributed by atoms with E-state index in [0.717, 1.165) is 38.5 Å². The predicted molar refractivity (Wildman–Crippen MR) is 300 cm³/mol. The van der Waals surface area contributed by atoms with Gasteiger partial charge in [0.05, 0.1) is 39.9 Å². The molecule has 3 atom stereocenters. The maximum absolute atomic E-state index is 13.0. The first-order valence-corrected chi connectivity index (χ1v) is 31.7. The molecule has 69 heavy (non-hydrogen) atoms. The van der Waals surface area contributed by atoms with E-state index < -0.39 is 20.0 Å². The monoisotopic (exact) mass is 996 g/mol. The van der Waals surface area contributed by atoms with Crippen LogP contribution in [0.4, 0.5) is 0 Å². The highest BCUT2D eigenvalue weighted by Crippen LogP contribution is 2.43. The Morgan fingerprint density at radius 1 is 0.478 bits per heavy atom. The van der Waals surface area contributed by atoms with Crippen LogP contribution in [0.15, 0.2) is 24.3 Å². The second-order valence-electron chi connectivity index (χ2n) is 22.1. The molecule has 0 fully saturated rings. The molecule has 0 heterocycles. The number of carbonyl (C=O) groups excluding carboxylic acids is 1. The smallest absolute Gasteiger partial charge is 0.387 e. The first kappa shape index (κ1) is 68.0. The standard InChI is InChI=1S/C60H119N2O6P/c1-6-8-10-12-14-16-18-20-22-24-26-28-30-31-32-34-36-38-40-42-44-46-48-50-52-54-60(64)61-58(57-68-69(65,66)67-56-55-62(3,4)5)59(63)53-51-49-47-45-43-41-39-37-35-33-29-27-25-23-21-19-17-15-13-11-9-7-2/h31-32,51,53,58-59,63H,6-30,33-50,52,54-57H2,1-5H3,(H-,61,64,65,66)/p+1/b32-31-,53-51+. The molecule has 0 spiro atoms. The molecular weight excluding hydrogens is 876 g/mol. The minimum atomic E-state index is -4.35. The fraction of sp³-hybridized carbons (Fsp3) is 0.917. The van der Waals surface area contributed by atoms with Gasteiger partial charge in [0.15, 0.2) is 0 Å². The van der Waals surface area contributed by atoms with Crippen molar-refractivity contribution >= 4 is 13.7 Å². The van der Waals surface area contributed by atoms with Gasteiger partial charge in [0, 0.05) is 6.42 Å². The van der Waals surface area contributed by atoms with Crippen LogP contribution < -0.4 is 5.32 Å². The number of aliphatic hydroxyl groups is 1. The van der Waals surface area contributed by atoms with Crippen LogP contribution in [0.5, 0.6) is 0 Å². The van der Waals surface area contributed by atoms with Crippen LogP contribution in [0.3, 0.4) is 0 Å². The summed E-state index contributed by atoms with van der Waals surface area (Å²) < 4.78 is 23.7. The van der Waals surface area contributed by atoms with Gasteiger partial charge in [0.2, 0.25) is 5.91 Å². The summed E-state index contributed by atoms with van der Waals surface area (Å²) in [5.41, 5.74) is 0.